The summed E-state index contributed by atoms with van der Waals surface area (Å²) in [7, 11) is 0. The lowest BCUT2D eigenvalue weighted by molar-refractivity contribution is -0.154. The maximum atomic E-state index is 12.5. The minimum atomic E-state index is -0.949. The third-order valence-corrected chi connectivity index (χ3v) is 7.59. The van der Waals surface area contributed by atoms with Crippen molar-refractivity contribution in [1.82, 2.24) is 10.6 Å². The Kier molecular flexibility index (Phi) is 6.56. The van der Waals surface area contributed by atoms with Crippen LogP contribution in [0.5, 0.6) is 0 Å². The molecule has 4 aliphatic carbocycles. The molecule has 2 amide bonds. The van der Waals surface area contributed by atoms with E-state index < -0.39 is 18.0 Å². The third kappa shape index (κ3) is 5.40. The van der Waals surface area contributed by atoms with E-state index in [1.165, 1.54) is 26.2 Å². The van der Waals surface area contributed by atoms with E-state index in [2.05, 4.69) is 10.6 Å². The van der Waals surface area contributed by atoms with Crippen molar-refractivity contribution < 1.29 is 19.1 Å². The van der Waals surface area contributed by atoms with Crippen LogP contribution in [0.2, 0.25) is 5.02 Å². The SMILES string of the molecule is CC(OC(=O)CNC(=O)CC12CC3CC(CC(C3)C1)C2)C(=O)NCc1ccccc1Cl. The fraction of sp³-hybridized carbons (Fsp3) is 0.625. The summed E-state index contributed by atoms with van der Waals surface area (Å²) in [5.41, 5.74) is 0.919. The van der Waals surface area contributed by atoms with Crippen LogP contribution in [0.3, 0.4) is 0 Å². The molecule has 6 nitrogen and oxygen atoms in total. The number of ether oxygens (including phenoxy) is 1. The van der Waals surface area contributed by atoms with Crippen LogP contribution >= 0.6 is 11.6 Å². The Labute approximate surface area is 188 Å². The maximum Gasteiger partial charge on any atom is 0.326 e. The van der Waals surface area contributed by atoms with Gasteiger partial charge in [-0.3, -0.25) is 14.4 Å². The monoisotopic (exact) mass is 446 g/mol. The van der Waals surface area contributed by atoms with Crippen molar-refractivity contribution in [3.8, 4) is 0 Å². The molecule has 5 rings (SSSR count). The standard InChI is InChI=1S/C24H31ClN2O4/c1-15(23(30)27-13-19-4-2-3-5-20(19)25)31-22(29)14-26-21(28)12-24-9-16-6-17(10-24)8-18(7-16)11-24/h2-5,15-18H,6-14H2,1H3,(H,26,28)(H,27,30). The smallest absolute Gasteiger partial charge is 0.326 e. The minimum Gasteiger partial charge on any atom is -0.451 e. The van der Waals surface area contributed by atoms with Crippen LogP contribution < -0.4 is 10.6 Å². The molecule has 0 aromatic heterocycles. The fourth-order valence-electron chi connectivity index (χ4n) is 6.34. The van der Waals surface area contributed by atoms with Gasteiger partial charge >= 0.3 is 5.97 Å². The first kappa shape index (κ1) is 22.1. The molecule has 168 valence electrons. The van der Waals surface area contributed by atoms with E-state index in [0.29, 0.717) is 11.4 Å². The second kappa shape index (κ2) is 9.19. The highest BCUT2D eigenvalue weighted by Crippen LogP contribution is 2.61. The van der Waals surface area contributed by atoms with Crippen LogP contribution in [-0.2, 0) is 25.7 Å². The predicted molar refractivity (Wildman–Crippen MR) is 117 cm³/mol. The quantitative estimate of drug-likeness (QED) is 0.597. The summed E-state index contributed by atoms with van der Waals surface area (Å²) in [6, 6.07) is 7.22. The first-order chi connectivity index (χ1) is 14.8. The molecule has 4 fully saturated rings. The second-order valence-electron chi connectivity index (χ2n) is 9.81. The van der Waals surface area contributed by atoms with E-state index in [0.717, 1.165) is 42.6 Å². The molecular weight excluding hydrogens is 416 g/mol. The second-order valence-corrected chi connectivity index (χ2v) is 10.2. The first-order valence-corrected chi connectivity index (χ1v) is 11.7. The van der Waals surface area contributed by atoms with Crippen molar-refractivity contribution in [2.24, 2.45) is 23.2 Å². The third-order valence-electron chi connectivity index (χ3n) is 7.22. The number of amides is 2. The fourth-order valence-corrected chi connectivity index (χ4v) is 6.54. The summed E-state index contributed by atoms with van der Waals surface area (Å²) >= 11 is 6.08. The molecule has 1 aromatic rings. The van der Waals surface area contributed by atoms with Crippen LogP contribution in [0.15, 0.2) is 24.3 Å². The maximum absolute atomic E-state index is 12.5. The van der Waals surface area contributed by atoms with E-state index in [4.69, 9.17) is 16.3 Å². The van der Waals surface area contributed by atoms with E-state index in [9.17, 15) is 14.4 Å². The Morgan fingerprint density at radius 1 is 1.06 bits per heavy atom. The molecule has 0 radical (unpaired) electrons. The van der Waals surface area contributed by atoms with Crippen molar-refractivity contribution in [3.63, 3.8) is 0 Å². The van der Waals surface area contributed by atoms with E-state index in [1.807, 2.05) is 18.2 Å². The van der Waals surface area contributed by atoms with Gasteiger partial charge in [-0.1, -0.05) is 29.8 Å². The number of hydrogen-bond acceptors (Lipinski definition) is 4. The van der Waals surface area contributed by atoms with Gasteiger partial charge in [0.15, 0.2) is 6.10 Å². The molecule has 1 unspecified atom stereocenters. The largest absolute Gasteiger partial charge is 0.451 e. The lowest BCUT2D eigenvalue weighted by atomic mass is 9.49. The van der Waals surface area contributed by atoms with Gasteiger partial charge in [0.25, 0.3) is 5.91 Å². The number of benzene rings is 1. The van der Waals surface area contributed by atoms with E-state index in [1.54, 1.807) is 6.07 Å². The van der Waals surface area contributed by atoms with Crippen LogP contribution in [0.4, 0.5) is 0 Å². The number of carbonyl (C=O) groups is 3. The molecule has 7 heteroatoms. The molecule has 31 heavy (non-hydrogen) atoms. The van der Waals surface area contributed by atoms with Gasteiger partial charge in [-0.05, 0) is 80.2 Å². The molecular formula is C24H31ClN2O4. The van der Waals surface area contributed by atoms with Crippen LogP contribution in [0.1, 0.15) is 57.4 Å². The Balaban J connectivity index is 1.18. The van der Waals surface area contributed by atoms with Crippen molar-refractivity contribution in [3.05, 3.63) is 34.9 Å². The number of esters is 1. The highest BCUT2D eigenvalue weighted by Gasteiger charge is 2.51. The van der Waals surface area contributed by atoms with E-state index >= 15 is 0 Å². The van der Waals surface area contributed by atoms with Gasteiger partial charge < -0.3 is 15.4 Å². The lowest BCUT2D eigenvalue weighted by Crippen LogP contribution is -2.48. The van der Waals surface area contributed by atoms with Crippen molar-refractivity contribution in [2.75, 3.05) is 6.54 Å². The molecule has 2 N–H and O–H groups in total. The summed E-state index contributed by atoms with van der Waals surface area (Å²) in [5.74, 6) is 1.25. The van der Waals surface area contributed by atoms with Gasteiger partial charge in [0.05, 0.1) is 0 Å². The normalized spacial score (nSPS) is 29.3. The highest BCUT2D eigenvalue weighted by atomic mass is 35.5. The van der Waals surface area contributed by atoms with Gasteiger partial charge in [0.2, 0.25) is 5.91 Å². The van der Waals surface area contributed by atoms with Crippen molar-refractivity contribution in [2.45, 2.75) is 64.5 Å². The predicted octanol–water partition coefficient (Wildman–Crippen LogP) is 3.61. The number of rotatable bonds is 8. The zero-order valence-corrected chi connectivity index (χ0v) is 18.7. The number of halogens is 1. The summed E-state index contributed by atoms with van der Waals surface area (Å²) in [6.45, 7) is 1.55. The summed E-state index contributed by atoms with van der Waals surface area (Å²) in [6.07, 6.45) is 7.02. The molecule has 4 bridgehead atoms. The van der Waals surface area contributed by atoms with Crippen molar-refractivity contribution >= 4 is 29.4 Å². The van der Waals surface area contributed by atoms with Gasteiger partial charge in [-0.2, -0.15) is 0 Å². The molecule has 4 saturated carbocycles. The topological polar surface area (TPSA) is 84.5 Å². The molecule has 0 heterocycles. The number of carbonyl (C=O) groups excluding carboxylic acids is 3. The minimum absolute atomic E-state index is 0.0882. The van der Waals surface area contributed by atoms with Gasteiger partial charge in [0.1, 0.15) is 6.54 Å². The molecule has 1 aromatic carbocycles. The highest BCUT2D eigenvalue weighted by molar-refractivity contribution is 6.31. The average molecular weight is 447 g/mol. The zero-order chi connectivity index (χ0) is 22.0. The Morgan fingerprint density at radius 2 is 1.68 bits per heavy atom. The van der Waals surface area contributed by atoms with Gasteiger partial charge in [-0.25, -0.2) is 0 Å². The molecule has 0 spiro atoms. The Hall–Kier alpha value is -2.08. The zero-order valence-electron chi connectivity index (χ0n) is 18.0. The van der Waals surface area contributed by atoms with Crippen LogP contribution in [0, 0.1) is 23.2 Å². The van der Waals surface area contributed by atoms with Gasteiger partial charge in [0, 0.05) is 18.0 Å². The lowest BCUT2D eigenvalue weighted by Gasteiger charge is -2.56. The van der Waals surface area contributed by atoms with E-state index in [-0.39, 0.29) is 24.4 Å². The van der Waals surface area contributed by atoms with Crippen molar-refractivity contribution in [1.29, 1.82) is 0 Å². The van der Waals surface area contributed by atoms with Gasteiger partial charge in [-0.15, -0.1) is 0 Å². The average Bonchev–Trinajstić information content (AvgIpc) is 2.70. The summed E-state index contributed by atoms with van der Waals surface area (Å²) < 4.78 is 5.18. The van der Waals surface area contributed by atoms with Crippen LogP contribution in [0.25, 0.3) is 0 Å². The molecule has 0 saturated heterocycles. The molecule has 0 aliphatic heterocycles. The summed E-state index contributed by atoms with van der Waals surface area (Å²) in [4.78, 5) is 36.8. The molecule has 1 atom stereocenters. The Bertz CT molecular complexity index is 820. The number of hydrogen-bond donors (Lipinski definition) is 2. The first-order valence-electron chi connectivity index (χ1n) is 11.3. The number of nitrogens with one attached hydrogen (secondary N) is 2. The summed E-state index contributed by atoms with van der Waals surface area (Å²) in [5, 5.41) is 5.98. The van der Waals surface area contributed by atoms with Crippen LogP contribution in [-0.4, -0.2) is 30.4 Å². The Morgan fingerprint density at radius 3 is 2.29 bits per heavy atom. The molecule has 4 aliphatic rings.